The van der Waals surface area contributed by atoms with E-state index in [1.807, 2.05) is 42.5 Å². The molecule has 0 aromatic heterocycles. The average Bonchev–Trinajstić information content (AvgIpc) is 2.58. The summed E-state index contributed by atoms with van der Waals surface area (Å²) in [6, 6.07) is 16.4. The molecule has 0 heterocycles. The van der Waals surface area contributed by atoms with E-state index in [2.05, 4.69) is 6.58 Å². The molecule has 0 unspecified atom stereocenters. The first kappa shape index (κ1) is 19.6. The predicted octanol–water partition coefficient (Wildman–Crippen LogP) is 5.29. The minimum Gasteiger partial charge on any atom is -0.255 e. The summed E-state index contributed by atoms with van der Waals surface area (Å²) in [4.78, 5) is 0. The molecule has 0 fully saturated rings. The van der Waals surface area contributed by atoms with Gasteiger partial charge < -0.3 is 0 Å². The molecular formula is C19H19Cl2NO2S. The third-order valence-corrected chi connectivity index (χ3v) is 5.48. The van der Waals surface area contributed by atoms with Gasteiger partial charge in [-0.3, -0.25) is 4.31 Å². The summed E-state index contributed by atoms with van der Waals surface area (Å²) in [6.07, 6.45) is 3.27. The second-order valence-electron chi connectivity index (χ2n) is 5.52. The molecule has 0 aliphatic carbocycles. The number of halogens is 2. The molecule has 0 N–H and O–H groups in total. The standard InChI is InChI=1S/C19H19Cl2NO2S/c1-3-7-18(16-10-12-17(20)13-11-16)19(21)22(25(2,23)24)14-15-8-5-4-6-9-15/h3-6,8-13H,1,7,14H2,2H3/b19-18-. The number of hydrogen-bond acceptors (Lipinski definition) is 2. The van der Waals surface area contributed by atoms with Crippen molar-refractivity contribution in [2.75, 3.05) is 6.26 Å². The molecule has 25 heavy (non-hydrogen) atoms. The smallest absolute Gasteiger partial charge is 0.233 e. The number of allylic oxidation sites excluding steroid dienone is 2. The Bertz CT molecular complexity index is 860. The van der Waals surface area contributed by atoms with Gasteiger partial charge in [0.05, 0.1) is 12.8 Å². The van der Waals surface area contributed by atoms with Crippen LogP contribution in [0, 0.1) is 0 Å². The zero-order valence-electron chi connectivity index (χ0n) is 13.8. The van der Waals surface area contributed by atoms with Crippen LogP contribution in [0.4, 0.5) is 0 Å². The van der Waals surface area contributed by atoms with Crippen LogP contribution in [0.2, 0.25) is 5.02 Å². The van der Waals surface area contributed by atoms with E-state index in [4.69, 9.17) is 23.2 Å². The highest BCUT2D eigenvalue weighted by atomic mass is 35.5. The van der Waals surface area contributed by atoms with Gasteiger partial charge in [0.1, 0.15) is 5.16 Å². The Kier molecular flexibility index (Phi) is 6.71. The van der Waals surface area contributed by atoms with Crippen LogP contribution in [-0.4, -0.2) is 19.0 Å². The molecule has 0 bridgehead atoms. The molecule has 0 spiro atoms. The van der Waals surface area contributed by atoms with Gasteiger partial charge in [-0.05, 0) is 35.3 Å². The fourth-order valence-corrected chi connectivity index (χ4v) is 3.88. The van der Waals surface area contributed by atoms with Gasteiger partial charge in [-0.1, -0.05) is 71.7 Å². The molecule has 2 rings (SSSR count). The summed E-state index contributed by atoms with van der Waals surface area (Å²) in [7, 11) is -3.56. The molecule has 132 valence electrons. The molecule has 3 nitrogen and oxygen atoms in total. The maximum Gasteiger partial charge on any atom is 0.233 e. The summed E-state index contributed by atoms with van der Waals surface area (Å²) in [5.74, 6) is 0. The number of sulfonamides is 1. The Balaban J connectivity index is 2.52. The third kappa shape index (κ3) is 5.36. The monoisotopic (exact) mass is 395 g/mol. The highest BCUT2D eigenvalue weighted by Gasteiger charge is 2.22. The third-order valence-electron chi connectivity index (χ3n) is 3.58. The Hall–Kier alpha value is -1.75. The fourth-order valence-electron chi connectivity index (χ4n) is 2.35. The van der Waals surface area contributed by atoms with Gasteiger partial charge in [0.2, 0.25) is 10.0 Å². The molecule has 0 saturated carbocycles. The summed E-state index contributed by atoms with van der Waals surface area (Å²) < 4.78 is 25.9. The number of hydrogen-bond donors (Lipinski definition) is 0. The summed E-state index contributed by atoms with van der Waals surface area (Å²) in [6.45, 7) is 3.90. The van der Waals surface area contributed by atoms with E-state index in [-0.39, 0.29) is 11.7 Å². The highest BCUT2D eigenvalue weighted by molar-refractivity contribution is 7.88. The highest BCUT2D eigenvalue weighted by Crippen LogP contribution is 2.31. The Morgan fingerprint density at radius 3 is 2.24 bits per heavy atom. The van der Waals surface area contributed by atoms with Crippen LogP contribution < -0.4 is 0 Å². The average molecular weight is 396 g/mol. The van der Waals surface area contributed by atoms with Gasteiger partial charge in [-0.15, -0.1) is 6.58 Å². The zero-order valence-corrected chi connectivity index (χ0v) is 16.2. The topological polar surface area (TPSA) is 37.4 Å². The maximum absolute atomic E-state index is 12.3. The van der Waals surface area contributed by atoms with Crippen molar-refractivity contribution in [1.82, 2.24) is 4.31 Å². The molecule has 0 aliphatic heterocycles. The first-order valence-corrected chi connectivity index (χ1v) is 10.2. The molecule has 0 radical (unpaired) electrons. The summed E-state index contributed by atoms with van der Waals surface area (Å²) >= 11 is 12.5. The summed E-state index contributed by atoms with van der Waals surface area (Å²) in [5.41, 5.74) is 2.32. The lowest BCUT2D eigenvalue weighted by molar-refractivity contribution is 0.494. The molecule has 6 heteroatoms. The van der Waals surface area contributed by atoms with Crippen molar-refractivity contribution in [2.45, 2.75) is 13.0 Å². The Morgan fingerprint density at radius 2 is 1.72 bits per heavy atom. The molecule has 0 atom stereocenters. The van der Waals surface area contributed by atoms with Gasteiger partial charge in [-0.25, -0.2) is 8.42 Å². The molecule has 0 aliphatic rings. The van der Waals surface area contributed by atoms with Crippen molar-refractivity contribution < 1.29 is 8.42 Å². The molecule has 0 saturated heterocycles. The lowest BCUT2D eigenvalue weighted by atomic mass is 10.0. The van der Waals surface area contributed by atoms with E-state index in [0.29, 0.717) is 17.0 Å². The van der Waals surface area contributed by atoms with E-state index >= 15 is 0 Å². The second kappa shape index (κ2) is 8.56. The molecule has 2 aromatic rings. The van der Waals surface area contributed by atoms with Crippen molar-refractivity contribution in [3.8, 4) is 0 Å². The van der Waals surface area contributed by atoms with E-state index in [9.17, 15) is 8.42 Å². The van der Waals surface area contributed by atoms with Crippen molar-refractivity contribution in [1.29, 1.82) is 0 Å². The Labute approximate surface area is 159 Å². The van der Waals surface area contributed by atoms with Gasteiger partial charge in [0.25, 0.3) is 0 Å². The number of nitrogens with zero attached hydrogens (tertiary/aromatic N) is 1. The fraction of sp³-hybridized carbons (Fsp3) is 0.158. The minimum absolute atomic E-state index is 0.159. The first-order valence-electron chi connectivity index (χ1n) is 7.60. The second-order valence-corrected chi connectivity index (χ2v) is 8.23. The van der Waals surface area contributed by atoms with Gasteiger partial charge >= 0.3 is 0 Å². The Morgan fingerprint density at radius 1 is 1.12 bits per heavy atom. The molecular weight excluding hydrogens is 377 g/mol. The van der Waals surface area contributed by atoms with Crippen LogP contribution in [0.5, 0.6) is 0 Å². The predicted molar refractivity (Wildman–Crippen MR) is 106 cm³/mol. The largest absolute Gasteiger partial charge is 0.255 e. The van der Waals surface area contributed by atoms with Crippen LogP contribution in [0.25, 0.3) is 5.57 Å². The summed E-state index contributed by atoms with van der Waals surface area (Å²) in [5, 5.41) is 0.760. The van der Waals surface area contributed by atoms with E-state index in [1.54, 1.807) is 18.2 Å². The van der Waals surface area contributed by atoms with Crippen molar-refractivity contribution in [3.05, 3.63) is 88.6 Å². The zero-order chi connectivity index (χ0) is 18.4. The lowest BCUT2D eigenvalue weighted by Crippen LogP contribution is -2.27. The van der Waals surface area contributed by atoms with Crippen molar-refractivity contribution in [3.63, 3.8) is 0 Å². The van der Waals surface area contributed by atoms with Crippen LogP contribution in [0.15, 0.2) is 72.4 Å². The van der Waals surface area contributed by atoms with E-state index in [1.165, 1.54) is 4.31 Å². The lowest BCUT2D eigenvalue weighted by Gasteiger charge is -2.24. The normalized spacial score (nSPS) is 12.4. The number of benzene rings is 2. The van der Waals surface area contributed by atoms with Crippen LogP contribution in [-0.2, 0) is 16.6 Å². The van der Waals surface area contributed by atoms with Gasteiger partial charge in [0.15, 0.2) is 0 Å². The van der Waals surface area contributed by atoms with Crippen molar-refractivity contribution in [2.24, 2.45) is 0 Å². The van der Waals surface area contributed by atoms with Gasteiger partial charge in [0, 0.05) is 5.02 Å². The van der Waals surface area contributed by atoms with Crippen LogP contribution >= 0.6 is 23.2 Å². The van der Waals surface area contributed by atoms with Crippen molar-refractivity contribution >= 4 is 38.8 Å². The van der Waals surface area contributed by atoms with E-state index in [0.717, 1.165) is 17.4 Å². The first-order chi connectivity index (χ1) is 11.8. The number of rotatable bonds is 7. The maximum atomic E-state index is 12.3. The SMILES string of the molecule is C=CC/C(=C(\Cl)N(Cc1ccccc1)S(C)(=O)=O)c1ccc(Cl)cc1. The molecule has 0 amide bonds. The minimum atomic E-state index is -3.56. The molecule has 2 aromatic carbocycles. The van der Waals surface area contributed by atoms with Crippen LogP contribution in [0.3, 0.4) is 0 Å². The van der Waals surface area contributed by atoms with E-state index < -0.39 is 10.0 Å². The quantitative estimate of drug-likeness (QED) is 0.471. The van der Waals surface area contributed by atoms with Gasteiger partial charge in [-0.2, -0.15) is 0 Å². The van der Waals surface area contributed by atoms with Crippen LogP contribution in [0.1, 0.15) is 17.5 Å².